The van der Waals surface area contributed by atoms with E-state index in [9.17, 15) is 4.32 Å². The molecule has 104 valence electrons. The zero-order valence-electron chi connectivity index (χ0n) is 12.8. The Morgan fingerprint density at radius 2 is 1.30 bits per heavy atom. The van der Waals surface area contributed by atoms with Gasteiger partial charge in [-0.1, -0.05) is 76.2 Å². The van der Waals surface area contributed by atoms with E-state index in [1.165, 1.54) is 11.1 Å². The highest BCUT2D eigenvalue weighted by atomic mass is 19.1. The number of halogens is 1. The zero-order chi connectivity index (χ0) is 14.8. The van der Waals surface area contributed by atoms with Crippen LogP contribution >= 0.6 is 0 Å². The molecule has 0 heterocycles. The van der Waals surface area contributed by atoms with Gasteiger partial charge in [-0.2, -0.15) is 0 Å². The summed E-state index contributed by atoms with van der Waals surface area (Å²) in [7, 11) is 0. The lowest BCUT2D eigenvalue weighted by molar-refractivity contribution is 0.590. The Bertz CT molecular complexity index is 549. The van der Waals surface area contributed by atoms with Gasteiger partial charge in [0, 0.05) is 0 Å². The van der Waals surface area contributed by atoms with Crippen LogP contribution in [0.15, 0.2) is 48.5 Å². The summed E-state index contributed by atoms with van der Waals surface area (Å²) < 4.78 is 14.5. The van der Waals surface area contributed by atoms with E-state index < -0.39 is 6.99 Å². The number of aryl methyl sites for hydroxylation is 1. The van der Waals surface area contributed by atoms with Crippen molar-refractivity contribution in [2.45, 2.75) is 39.5 Å². The van der Waals surface area contributed by atoms with Crippen molar-refractivity contribution in [3.8, 4) is 0 Å². The molecule has 0 saturated heterocycles. The van der Waals surface area contributed by atoms with Gasteiger partial charge >= 0.3 is 6.99 Å². The van der Waals surface area contributed by atoms with Gasteiger partial charge in [-0.25, -0.2) is 0 Å². The van der Waals surface area contributed by atoms with Crippen LogP contribution in [0.1, 0.15) is 38.8 Å². The molecule has 2 rings (SSSR count). The maximum absolute atomic E-state index is 14.5. The molecule has 0 fully saturated rings. The first-order chi connectivity index (χ1) is 9.41. The second-order valence-corrected chi connectivity index (χ2v) is 6.33. The van der Waals surface area contributed by atoms with Crippen molar-refractivity contribution in [3.05, 3.63) is 59.7 Å². The minimum absolute atomic E-state index is 0.104. The van der Waals surface area contributed by atoms with Gasteiger partial charge in [0.1, 0.15) is 0 Å². The fourth-order valence-corrected chi connectivity index (χ4v) is 2.27. The van der Waals surface area contributed by atoms with Crippen LogP contribution in [0, 0.1) is 0 Å². The Morgan fingerprint density at radius 1 is 0.850 bits per heavy atom. The Balaban J connectivity index is 2.22. The molecule has 0 N–H and O–H groups in total. The number of rotatable bonds is 3. The van der Waals surface area contributed by atoms with Crippen LogP contribution < -0.4 is 10.9 Å². The minimum Gasteiger partial charge on any atom is -0.322 e. The van der Waals surface area contributed by atoms with E-state index in [1.54, 1.807) is 0 Å². The second-order valence-electron chi connectivity index (χ2n) is 6.33. The molecule has 0 radical (unpaired) electrons. The second kappa shape index (κ2) is 5.82. The zero-order valence-corrected chi connectivity index (χ0v) is 12.8. The third kappa shape index (κ3) is 3.30. The summed E-state index contributed by atoms with van der Waals surface area (Å²) in [5, 5.41) is 0. The molecule has 0 aliphatic carbocycles. The molecule has 0 bridgehead atoms. The highest BCUT2D eigenvalue weighted by Crippen LogP contribution is 2.20. The number of benzene rings is 2. The molecule has 0 atom stereocenters. The molecule has 2 aromatic carbocycles. The number of hydrogen-bond donors (Lipinski definition) is 0. The summed E-state index contributed by atoms with van der Waals surface area (Å²) in [6, 6.07) is 15.7. The minimum atomic E-state index is -1.05. The topological polar surface area (TPSA) is 0 Å². The lowest BCUT2D eigenvalue weighted by atomic mass is 9.58. The normalized spacial score (nSPS) is 11.4. The fourth-order valence-electron chi connectivity index (χ4n) is 2.27. The molecule has 2 aromatic rings. The lowest BCUT2D eigenvalue weighted by Crippen LogP contribution is -2.38. The van der Waals surface area contributed by atoms with E-state index in [0.717, 1.165) is 17.3 Å². The Kier molecular flexibility index (Phi) is 4.32. The highest BCUT2D eigenvalue weighted by molar-refractivity contribution is 6.79. The van der Waals surface area contributed by atoms with Gasteiger partial charge in [-0.05, 0) is 33.9 Å². The third-order valence-electron chi connectivity index (χ3n) is 3.75. The van der Waals surface area contributed by atoms with Crippen molar-refractivity contribution in [2.24, 2.45) is 0 Å². The molecule has 0 nitrogen and oxygen atoms in total. The third-order valence-corrected chi connectivity index (χ3v) is 3.75. The van der Waals surface area contributed by atoms with Gasteiger partial charge in [0.2, 0.25) is 0 Å². The van der Waals surface area contributed by atoms with Gasteiger partial charge in [0.25, 0.3) is 0 Å². The fraction of sp³-hybridized carbons (Fsp3) is 0.333. The molecular formula is C18H22BF. The van der Waals surface area contributed by atoms with Crippen molar-refractivity contribution in [1.29, 1.82) is 0 Å². The van der Waals surface area contributed by atoms with Gasteiger partial charge in [-0.3, -0.25) is 0 Å². The van der Waals surface area contributed by atoms with Crippen LogP contribution in [0.3, 0.4) is 0 Å². The summed E-state index contributed by atoms with van der Waals surface area (Å²) in [5.74, 6) is 0. The summed E-state index contributed by atoms with van der Waals surface area (Å²) in [6.45, 7) is 7.55. The van der Waals surface area contributed by atoms with Crippen molar-refractivity contribution in [1.82, 2.24) is 0 Å². The molecule has 2 heteroatoms. The van der Waals surface area contributed by atoms with Gasteiger partial charge in [0.05, 0.1) is 0 Å². The quantitative estimate of drug-likeness (QED) is 0.746. The monoisotopic (exact) mass is 268 g/mol. The van der Waals surface area contributed by atoms with Crippen LogP contribution in [0.25, 0.3) is 0 Å². The summed E-state index contributed by atoms with van der Waals surface area (Å²) >= 11 is 0. The molecular weight excluding hydrogens is 246 g/mol. The van der Waals surface area contributed by atoms with Gasteiger partial charge < -0.3 is 4.32 Å². The van der Waals surface area contributed by atoms with E-state index in [-0.39, 0.29) is 5.41 Å². The van der Waals surface area contributed by atoms with Gasteiger partial charge in [0.15, 0.2) is 0 Å². The van der Waals surface area contributed by atoms with Gasteiger partial charge in [-0.15, -0.1) is 0 Å². The Hall–Kier alpha value is -1.57. The summed E-state index contributed by atoms with van der Waals surface area (Å²) in [5.41, 5.74) is 4.03. The van der Waals surface area contributed by atoms with Crippen LogP contribution in [-0.4, -0.2) is 6.99 Å². The summed E-state index contributed by atoms with van der Waals surface area (Å²) in [4.78, 5) is 0. The van der Waals surface area contributed by atoms with Crippen molar-refractivity contribution in [3.63, 3.8) is 0 Å². The smallest absolute Gasteiger partial charge is 0.322 e. The molecule has 0 aliphatic heterocycles. The van der Waals surface area contributed by atoms with E-state index in [4.69, 9.17) is 0 Å². The number of hydrogen-bond acceptors (Lipinski definition) is 0. The van der Waals surface area contributed by atoms with E-state index in [0.29, 0.717) is 0 Å². The SMILES string of the molecule is CCc1ccc(B(F)c2ccc(C(C)(C)C)cc2)cc1. The molecule has 0 saturated carbocycles. The maximum atomic E-state index is 14.5. The van der Waals surface area contributed by atoms with Crippen LogP contribution in [0.4, 0.5) is 4.32 Å². The lowest BCUT2D eigenvalue weighted by Gasteiger charge is -2.19. The molecule has 0 aliphatic rings. The largest absolute Gasteiger partial charge is 0.413 e. The van der Waals surface area contributed by atoms with E-state index in [2.05, 4.69) is 27.7 Å². The van der Waals surface area contributed by atoms with Crippen LogP contribution in [0.5, 0.6) is 0 Å². The molecule has 0 spiro atoms. The Morgan fingerprint density at radius 3 is 1.70 bits per heavy atom. The van der Waals surface area contributed by atoms with Crippen molar-refractivity contribution < 1.29 is 4.32 Å². The first-order valence-electron chi connectivity index (χ1n) is 7.25. The average molecular weight is 268 g/mol. The van der Waals surface area contributed by atoms with Crippen molar-refractivity contribution >= 4 is 17.9 Å². The molecule has 0 aromatic heterocycles. The average Bonchev–Trinajstić information content (AvgIpc) is 2.46. The van der Waals surface area contributed by atoms with E-state index in [1.807, 2.05) is 48.5 Å². The first-order valence-corrected chi connectivity index (χ1v) is 7.25. The molecule has 20 heavy (non-hydrogen) atoms. The maximum Gasteiger partial charge on any atom is 0.413 e. The highest BCUT2D eigenvalue weighted by Gasteiger charge is 2.20. The van der Waals surface area contributed by atoms with E-state index >= 15 is 0 Å². The van der Waals surface area contributed by atoms with Crippen molar-refractivity contribution in [2.75, 3.05) is 0 Å². The molecule has 0 amide bonds. The van der Waals surface area contributed by atoms with Crippen LogP contribution in [0.2, 0.25) is 0 Å². The predicted molar refractivity (Wildman–Crippen MR) is 87.1 cm³/mol. The summed E-state index contributed by atoms with van der Waals surface area (Å²) in [6.07, 6.45) is 0.984. The van der Waals surface area contributed by atoms with Crippen LogP contribution in [-0.2, 0) is 11.8 Å². The standard InChI is InChI=1S/C18H22BF/c1-5-14-6-10-16(11-7-14)19(20)17-12-8-15(9-13-17)18(2,3)4/h6-13H,5H2,1-4H3. The predicted octanol–water partition coefficient (Wildman–Crippen LogP) is 3.62. The molecule has 0 unspecified atom stereocenters. The Labute approximate surface area is 122 Å². The first kappa shape index (κ1) is 14.8.